The number of rotatable bonds is 9. The standard InChI is InChI=1S/C78H48BN9O/c1-6-19-49(20-7-1)52-33-35-53(36-34-52)59-45-68-72-69(46-59)87(61-30-18-29-57(43-61)50-21-8-2-9-22-50)66-44-58(51-23-10-3-11-24-51)39-42-64(66)79(72)65-48-71-63(62-31-16-17-32-70(62)89-71)47-67(65)86(68)60-40-37-56(38-41-60)75-84-77-82-73(54-25-12-4-13-26-54)80-76-81-74(55-27-14-5-15-28-55)83-78(85-75)88(76)77/h1-48H. The molecule has 0 N–H and O–H groups in total. The van der Waals surface area contributed by atoms with E-state index < -0.39 is 0 Å². The first-order valence-corrected chi connectivity index (χ1v) is 29.9. The number of para-hydroxylation sites is 1. The molecule has 0 amide bonds. The van der Waals surface area contributed by atoms with E-state index in [4.69, 9.17) is 34.4 Å². The third-order valence-electron chi connectivity index (χ3n) is 17.5. The van der Waals surface area contributed by atoms with Crippen LogP contribution in [0, 0.1) is 0 Å². The maximum Gasteiger partial charge on any atom is 0.252 e. The third kappa shape index (κ3) is 8.42. The highest BCUT2D eigenvalue weighted by molar-refractivity contribution is 7.00. The number of hydrogen-bond acceptors (Lipinski definition) is 10. The van der Waals surface area contributed by atoms with E-state index in [9.17, 15) is 0 Å². The number of guanidine groups is 3. The SMILES string of the molecule is c1ccc(C2=NC3=NC(c4ccccc4)=NC4=NC(c5ccc(N6c7cc8c(cc7B7c9ccc(-c%10ccccc%10)cc9N(c9cccc(-c%10ccccc%10)c9)c9cc(-c%10ccc(-c%11ccccc%11)cc%10)cc6c97)oc6ccccc68)cc5)=NC(=N2)N34)cc1. The van der Waals surface area contributed by atoms with Crippen molar-refractivity contribution >= 4 is 115 Å². The Morgan fingerprint density at radius 2 is 0.663 bits per heavy atom. The van der Waals surface area contributed by atoms with Crippen LogP contribution in [-0.4, -0.2) is 47.0 Å². The van der Waals surface area contributed by atoms with Gasteiger partial charge in [-0.2, -0.15) is 30.0 Å². The summed E-state index contributed by atoms with van der Waals surface area (Å²) in [5.41, 5.74) is 23.1. The molecule has 6 heterocycles. The number of benzene rings is 12. The lowest BCUT2D eigenvalue weighted by molar-refractivity contribution is 0.669. The van der Waals surface area contributed by atoms with Gasteiger partial charge in [0.2, 0.25) is 17.9 Å². The number of hydrogen-bond donors (Lipinski definition) is 0. The van der Waals surface area contributed by atoms with Crippen LogP contribution in [0.5, 0.6) is 0 Å². The second-order valence-corrected chi connectivity index (χ2v) is 22.7. The van der Waals surface area contributed by atoms with Gasteiger partial charge in [-0.25, -0.2) is 4.90 Å². The largest absolute Gasteiger partial charge is 0.456 e. The monoisotopic (exact) mass is 1140 g/mol. The molecule has 0 unspecified atom stereocenters. The lowest BCUT2D eigenvalue weighted by Gasteiger charge is -2.44. The van der Waals surface area contributed by atoms with Crippen LogP contribution in [0.2, 0.25) is 0 Å². The van der Waals surface area contributed by atoms with E-state index in [0.29, 0.717) is 35.4 Å². The predicted molar refractivity (Wildman–Crippen MR) is 366 cm³/mol. The Balaban J connectivity index is 0.864. The molecule has 0 atom stereocenters. The van der Waals surface area contributed by atoms with E-state index in [1.54, 1.807) is 4.90 Å². The molecule has 0 saturated carbocycles. The van der Waals surface area contributed by atoms with Gasteiger partial charge in [0.15, 0.2) is 17.5 Å². The Labute approximate surface area is 513 Å². The van der Waals surface area contributed by atoms with E-state index in [2.05, 4.69) is 234 Å². The highest BCUT2D eigenvalue weighted by Gasteiger charge is 2.45. The fraction of sp³-hybridized carbons (Fsp3) is 0. The smallest absolute Gasteiger partial charge is 0.252 e. The molecule has 0 spiro atoms. The third-order valence-corrected chi connectivity index (χ3v) is 17.5. The normalized spacial score (nSPS) is 14.4. The van der Waals surface area contributed by atoms with Gasteiger partial charge in [0.1, 0.15) is 11.2 Å². The van der Waals surface area contributed by atoms with Gasteiger partial charge in [-0.05, 0) is 134 Å². The van der Waals surface area contributed by atoms with Crippen LogP contribution in [0.1, 0.15) is 16.7 Å². The Hall–Kier alpha value is -12.1. The molecule has 18 rings (SSSR count). The van der Waals surface area contributed by atoms with Gasteiger partial charge in [0, 0.05) is 61.6 Å². The molecule has 0 aliphatic carbocycles. The Morgan fingerprint density at radius 1 is 0.247 bits per heavy atom. The molecule has 0 radical (unpaired) electrons. The fourth-order valence-electron chi connectivity index (χ4n) is 13.3. The number of anilines is 6. The van der Waals surface area contributed by atoms with Crippen LogP contribution in [0.3, 0.4) is 0 Å². The Kier molecular flexibility index (Phi) is 11.5. The quantitative estimate of drug-likeness (QED) is 0.135. The minimum absolute atomic E-state index is 0.202. The zero-order valence-electron chi connectivity index (χ0n) is 47.7. The van der Waals surface area contributed by atoms with E-state index in [0.717, 1.165) is 117 Å². The molecule has 5 aliphatic rings. The number of aliphatic imine (C=N–C) groups is 6. The van der Waals surface area contributed by atoms with Crippen molar-refractivity contribution in [3.05, 3.63) is 308 Å². The van der Waals surface area contributed by atoms with Crippen molar-refractivity contribution in [1.82, 2.24) is 4.90 Å². The minimum atomic E-state index is -0.202. The average molecular weight is 1140 g/mol. The minimum Gasteiger partial charge on any atom is -0.456 e. The summed E-state index contributed by atoms with van der Waals surface area (Å²) in [6.45, 7) is -0.202. The Bertz CT molecular complexity index is 5200. The van der Waals surface area contributed by atoms with Crippen LogP contribution in [0.25, 0.3) is 66.4 Å². The highest BCUT2D eigenvalue weighted by Crippen LogP contribution is 2.49. The first-order valence-electron chi connectivity index (χ1n) is 29.9. The van der Waals surface area contributed by atoms with Gasteiger partial charge in [0.05, 0.1) is 0 Å². The van der Waals surface area contributed by atoms with Crippen LogP contribution in [0.4, 0.5) is 34.1 Å². The molecule has 13 aromatic rings. The summed E-state index contributed by atoms with van der Waals surface area (Å²) in [7, 11) is 0. The lowest BCUT2D eigenvalue weighted by atomic mass is 9.33. The van der Waals surface area contributed by atoms with Crippen molar-refractivity contribution in [2.24, 2.45) is 30.0 Å². The molecule has 0 fully saturated rings. The second kappa shape index (κ2) is 20.3. The molecule has 0 saturated heterocycles. The van der Waals surface area contributed by atoms with Crippen molar-refractivity contribution in [3.8, 4) is 44.5 Å². The first-order chi connectivity index (χ1) is 44.1. The molecule has 89 heavy (non-hydrogen) atoms. The number of fused-ring (bicyclic) bond motifs is 7. The summed E-state index contributed by atoms with van der Waals surface area (Å²) in [4.78, 5) is 37.0. The molecule has 1 aromatic heterocycles. The molecule has 10 nitrogen and oxygen atoms in total. The van der Waals surface area contributed by atoms with E-state index in [1.165, 1.54) is 16.5 Å². The van der Waals surface area contributed by atoms with Crippen LogP contribution >= 0.6 is 0 Å². The maximum atomic E-state index is 6.84. The highest BCUT2D eigenvalue weighted by atomic mass is 16.3. The summed E-state index contributed by atoms with van der Waals surface area (Å²) >= 11 is 0. The van der Waals surface area contributed by atoms with E-state index in [1.807, 2.05) is 66.7 Å². The zero-order valence-corrected chi connectivity index (χ0v) is 47.7. The molecule has 11 heteroatoms. The predicted octanol–water partition coefficient (Wildman–Crippen LogP) is 16.4. The van der Waals surface area contributed by atoms with Crippen LogP contribution in [-0.2, 0) is 0 Å². The molecule has 5 aliphatic heterocycles. The fourth-order valence-corrected chi connectivity index (χ4v) is 13.3. The van der Waals surface area contributed by atoms with Gasteiger partial charge in [-0.3, -0.25) is 0 Å². The second-order valence-electron chi connectivity index (χ2n) is 22.7. The molecule has 12 aromatic carbocycles. The van der Waals surface area contributed by atoms with Crippen LogP contribution < -0.4 is 26.2 Å². The van der Waals surface area contributed by atoms with E-state index >= 15 is 0 Å². The summed E-state index contributed by atoms with van der Waals surface area (Å²) < 4.78 is 6.84. The summed E-state index contributed by atoms with van der Waals surface area (Å²) in [6.07, 6.45) is 0. The molecule has 0 bridgehead atoms. The van der Waals surface area contributed by atoms with Gasteiger partial charge < -0.3 is 14.2 Å². The summed E-state index contributed by atoms with van der Waals surface area (Å²) in [5, 5.41) is 2.10. The Morgan fingerprint density at radius 3 is 1.24 bits per heavy atom. The number of nitrogens with zero attached hydrogens (tertiary/aromatic N) is 9. The van der Waals surface area contributed by atoms with Crippen molar-refractivity contribution in [3.63, 3.8) is 0 Å². The number of furan rings is 1. The van der Waals surface area contributed by atoms with Crippen molar-refractivity contribution in [1.29, 1.82) is 0 Å². The van der Waals surface area contributed by atoms with Gasteiger partial charge in [0.25, 0.3) is 6.71 Å². The maximum absolute atomic E-state index is 6.84. The summed E-state index contributed by atoms with van der Waals surface area (Å²) in [6, 6.07) is 103. The topological polar surface area (TPSA) is 97.0 Å². The average Bonchev–Trinajstić information content (AvgIpc) is 1.66. The van der Waals surface area contributed by atoms with Gasteiger partial charge in [-0.1, -0.05) is 218 Å². The van der Waals surface area contributed by atoms with Crippen molar-refractivity contribution in [2.75, 3.05) is 9.80 Å². The van der Waals surface area contributed by atoms with E-state index in [-0.39, 0.29) is 6.71 Å². The van der Waals surface area contributed by atoms with Crippen LogP contribution in [0.15, 0.2) is 326 Å². The number of amidine groups is 3. The summed E-state index contributed by atoms with van der Waals surface area (Å²) in [5.74, 6) is 2.66. The van der Waals surface area contributed by atoms with Crippen molar-refractivity contribution in [2.45, 2.75) is 0 Å². The zero-order chi connectivity index (χ0) is 58.5. The molecular formula is C78H48BN9O. The van der Waals surface area contributed by atoms with Gasteiger partial charge in [-0.15, -0.1) is 0 Å². The molecule has 414 valence electrons. The lowest BCUT2D eigenvalue weighted by Crippen LogP contribution is -2.61. The first kappa shape index (κ1) is 50.3. The van der Waals surface area contributed by atoms with Crippen molar-refractivity contribution < 1.29 is 4.42 Å². The molecular weight excluding hydrogens is 1090 g/mol. The van der Waals surface area contributed by atoms with Gasteiger partial charge >= 0.3 is 0 Å².